The molecule has 3 atom stereocenters. The highest BCUT2D eigenvalue weighted by molar-refractivity contribution is 5.95. The summed E-state index contributed by atoms with van der Waals surface area (Å²) in [7, 11) is 3.34. The molecule has 152 valence electrons. The van der Waals surface area contributed by atoms with E-state index in [0.29, 0.717) is 23.9 Å². The van der Waals surface area contributed by atoms with E-state index in [-0.39, 0.29) is 5.91 Å². The highest BCUT2D eigenvalue weighted by Crippen LogP contribution is 2.47. The van der Waals surface area contributed by atoms with Crippen molar-refractivity contribution >= 4 is 5.91 Å². The number of methoxy groups -OCH3 is 2. The Morgan fingerprint density at radius 1 is 0.862 bits per heavy atom. The molecule has 0 N–H and O–H groups in total. The van der Waals surface area contributed by atoms with E-state index in [1.54, 1.807) is 14.2 Å². The third-order valence-electron chi connectivity index (χ3n) is 7.14. The van der Waals surface area contributed by atoms with Gasteiger partial charge >= 0.3 is 0 Å². The van der Waals surface area contributed by atoms with Gasteiger partial charge in [-0.3, -0.25) is 9.69 Å². The molecule has 2 bridgehead atoms. The van der Waals surface area contributed by atoms with Gasteiger partial charge in [-0.05, 0) is 73.8 Å². The fraction of sp³-hybridized carbons (Fsp3) is 0.458. The average Bonchev–Trinajstić information content (AvgIpc) is 3.22. The van der Waals surface area contributed by atoms with Gasteiger partial charge < -0.3 is 14.4 Å². The Balaban J connectivity index is 1.47. The summed E-state index contributed by atoms with van der Waals surface area (Å²) in [6.07, 6.45) is 2.39. The number of carbonyl (C=O) groups excluding carboxylic acids is 1. The summed E-state index contributed by atoms with van der Waals surface area (Å²) in [5.41, 5.74) is 2.05. The molecule has 6 rings (SSSR count). The number of amides is 1. The largest absolute Gasteiger partial charge is 0.497 e. The number of hydrogen-bond acceptors (Lipinski definition) is 4. The lowest BCUT2D eigenvalue weighted by Gasteiger charge is -2.51. The summed E-state index contributed by atoms with van der Waals surface area (Å²) in [5.74, 6) is 2.75. The monoisotopic (exact) mass is 392 g/mol. The number of ether oxygens (including phenoxy) is 2. The number of nitrogens with zero attached hydrogens (tertiary/aromatic N) is 2. The SMILES string of the molecule is COc1ccc(C(=O)N2C[C@@H](c3ccc(OC)cc3)[C@@H]3[C@H]2C2CCN3CC2)cc1. The smallest absolute Gasteiger partial charge is 0.254 e. The summed E-state index contributed by atoms with van der Waals surface area (Å²) in [4.78, 5) is 18.3. The van der Waals surface area contributed by atoms with Crippen molar-refractivity contribution in [2.45, 2.75) is 30.8 Å². The number of rotatable bonds is 4. The van der Waals surface area contributed by atoms with Gasteiger partial charge in [0.1, 0.15) is 11.5 Å². The van der Waals surface area contributed by atoms with Gasteiger partial charge in [-0.2, -0.15) is 0 Å². The average molecular weight is 392 g/mol. The Bertz CT molecular complexity index is 872. The van der Waals surface area contributed by atoms with Gasteiger partial charge in [0.15, 0.2) is 0 Å². The molecule has 0 unspecified atom stereocenters. The van der Waals surface area contributed by atoms with E-state index in [2.05, 4.69) is 21.9 Å². The molecule has 0 aromatic heterocycles. The fourth-order valence-corrected chi connectivity index (χ4v) is 5.70. The van der Waals surface area contributed by atoms with Gasteiger partial charge in [-0.1, -0.05) is 12.1 Å². The first-order valence-electron chi connectivity index (χ1n) is 10.5. The second kappa shape index (κ2) is 7.38. The molecule has 29 heavy (non-hydrogen) atoms. The second-order valence-electron chi connectivity index (χ2n) is 8.42. The molecule has 0 saturated carbocycles. The first kappa shape index (κ1) is 18.5. The number of fused-ring (bicyclic) bond motifs is 2. The zero-order valence-electron chi connectivity index (χ0n) is 17.1. The van der Waals surface area contributed by atoms with Crippen molar-refractivity contribution in [3.05, 3.63) is 59.7 Å². The van der Waals surface area contributed by atoms with Crippen LogP contribution in [0.2, 0.25) is 0 Å². The van der Waals surface area contributed by atoms with Crippen LogP contribution in [0.1, 0.15) is 34.7 Å². The molecule has 5 heteroatoms. The molecular formula is C24H28N2O3. The lowest BCUT2D eigenvalue weighted by atomic mass is 9.75. The summed E-state index contributed by atoms with van der Waals surface area (Å²) < 4.78 is 10.6. The maximum absolute atomic E-state index is 13.5. The Morgan fingerprint density at radius 3 is 2.03 bits per heavy atom. The van der Waals surface area contributed by atoms with Gasteiger partial charge in [-0.15, -0.1) is 0 Å². The number of hydrogen-bond donors (Lipinski definition) is 0. The van der Waals surface area contributed by atoms with E-state index in [1.807, 2.05) is 36.4 Å². The molecule has 5 nitrogen and oxygen atoms in total. The van der Waals surface area contributed by atoms with Crippen LogP contribution in [0.25, 0.3) is 0 Å². The van der Waals surface area contributed by atoms with Crippen LogP contribution in [0.15, 0.2) is 48.5 Å². The van der Waals surface area contributed by atoms with Crippen LogP contribution in [-0.4, -0.2) is 61.6 Å². The minimum absolute atomic E-state index is 0.146. The Labute approximate surface area is 172 Å². The van der Waals surface area contributed by atoms with E-state index in [0.717, 1.165) is 36.7 Å². The molecule has 4 aliphatic heterocycles. The molecule has 4 saturated heterocycles. The number of piperidine rings is 3. The molecule has 0 aliphatic carbocycles. The van der Waals surface area contributed by atoms with E-state index >= 15 is 0 Å². The normalized spacial score (nSPS) is 30.1. The van der Waals surface area contributed by atoms with Crippen molar-refractivity contribution < 1.29 is 14.3 Å². The van der Waals surface area contributed by atoms with Crippen LogP contribution in [0.5, 0.6) is 11.5 Å². The maximum atomic E-state index is 13.5. The van der Waals surface area contributed by atoms with Crippen molar-refractivity contribution in [1.29, 1.82) is 0 Å². The number of benzene rings is 2. The Morgan fingerprint density at radius 2 is 1.45 bits per heavy atom. The van der Waals surface area contributed by atoms with Gasteiger partial charge in [0, 0.05) is 24.1 Å². The Hall–Kier alpha value is -2.53. The number of carbonyl (C=O) groups is 1. The van der Waals surface area contributed by atoms with E-state index in [4.69, 9.17) is 9.47 Å². The summed E-state index contributed by atoms with van der Waals surface area (Å²) in [5, 5.41) is 0. The van der Waals surface area contributed by atoms with Crippen molar-refractivity contribution in [2.75, 3.05) is 33.9 Å². The van der Waals surface area contributed by atoms with Crippen LogP contribution < -0.4 is 9.47 Å². The molecule has 4 aliphatic rings. The van der Waals surface area contributed by atoms with Crippen LogP contribution in [0.4, 0.5) is 0 Å². The molecule has 4 fully saturated rings. The molecule has 2 aromatic carbocycles. The van der Waals surface area contributed by atoms with Gasteiger partial charge in [0.05, 0.1) is 20.3 Å². The third kappa shape index (κ3) is 3.08. The van der Waals surface area contributed by atoms with Crippen LogP contribution in [0.3, 0.4) is 0 Å². The summed E-state index contributed by atoms with van der Waals surface area (Å²) >= 11 is 0. The standard InChI is InChI=1S/C24H28N2O3/c1-28-19-7-3-16(4-8-19)21-15-26(22-17-11-13-25(14-12-17)23(21)22)24(27)18-5-9-20(29-2)10-6-18/h3-10,17,21-23H,11-15H2,1-2H3/t21-,22+,23+/m0/s1. The van der Waals surface area contributed by atoms with E-state index in [9.17, 15) is 4.79 Å². The quantitative estimate of drug-likeness (QED) is 0.800. The minimum atomic E-state index is 0.146. The second-order valence-corrected chi connectivity index (χ2v) is 8.42. The number of likely N-dealkylation sites (tertiary alicyclic amines) is 1. The van der Waals surface area contributed by atoms with Gasteiger partial charge in [-0.25, -0.2) is 0 Å². The highest BCUT2D eigenvalue weighted by Gasteiger charge is 2.54. The molecule has 0 spiro atoms. The lowest BCUT2D eigenvalue weighted by molar-refractivity contribution is -0.00340. The predicted molar refractivity (Wildman–Crippen MR) is 112 cm³/mol. The topological polar surface area (TPSA) is 42.0 Å². The van der Waals surface area contributed by atoms with Crippen molar-refractivity contribution in [3.8, 4) is 11.5 Å². The maximum Gasteiger partial charge on any atom is 0.254 e. The van der Waals surface area contributed by atoms with Gasteiger partial charge in [0.2, 0.25) is 0 Å². The van der Waals surface area contributed by atoms with Crippen molar-refractivity contribution in [2.24, 2.45) is 5.92 Å². The Kier molecular flexibility index (Phi) is 4.70. The van der Waals surface area contributed by atoms with Crippen LogP contribution in [-0.2, 0) is 0 Å². The minimum Gasteiger partial charge on any atom is -0.497 e. The first-order valence-corrected chi connectivity index (χ1v) is 10.5. The highest BCUT2D eigenvalue weighted by atomic mass is 16.5. The van der Waals surface area contributed by atoms with Crippen LogP contribution in [0, 0.1) is 5.92 Å². The third-order valence-corrected chi connectivity index (χ3v) is 7.14. The summed E-state index contributed by atoms with van der Waals surface area (Å²) in [6, 6.07) is 16.7. The van der Waals surface area contributed by atoms with Crippen molar-refractivity contribution in [1.82, 2.24) is 9.80 Å². The predicted octanol–water partition coefficient (Wildman–Crippen LogP) is 3.41. The van der Waals surface area contributed by atoms with E-state index < -0.39 is 0 Å². The van der Waals surface area contributed by atoms with Gasteiger partial charge in [0.25, 0.3) is 5.91 Å². The molecule has 0 radical (unpaired) electrons. The molecule has 4 heterocycles. The molecule has 2 aromatic rings. The van der Waals surface area contributed by atoms with Crippen molar-refractivity contribution in [3.63, 3.8) is 0 Å². The van der Waals surface area contributed by atoms with Crippen LogP contribution >= 0.6 is 0 Å². The summed E-state index contributed by atoms with van der Waals surface area (Å²) in [6.45, 7) is 3.09. The zero-order chi connectivity index (χ0) is 20.0. The molecular weight excluding hydrogens is 364 g/mol. The fourth-order valence-electron chi connectivity index (χ4n) is 5.70. The zero-order valence-corrected chi connectivity index (χ0v) is 17.1. The molecule has 1 amide bonds. The lowest BCUT2D eigenvalue weighted by Crippen LogP contribution is -2.60. The first-order chi connectivity index (χ1) is 14.2. The van der Waals surface area contributed by atoms with E-state index in [1.165, 1.54) is 18.4 Å².